The Hall–Kier alpha value is -3.72. The first-order valence-corrected chi connectivity index (χ1v) is 10.7. The van der Waals surface area contributed by atoms with Crippen LogP contribution in [0.15, 0.2) is 119 Å². The quantitative estimate of drug-likeness (QED) is 0.470. The first-order chi connectivity index (χ1) is 15.3. The van der Waals surface area contributed by atoms with Crippen LogP contribution in [0.2, 0.25) is 0 Å². The van der Waals surface area contributed by atoms with Crippen LogP contribution in [0.5, 0.6) is 0 Å². The average Bonchev–Trinajstić information content (AvgIpc) is 3.48. The van der Waals surface area contributed by atoms with Gasteiger partial charge in [-0.2, -0.15) is 0 Å². The zero-order chi connectivity index (χ0) is 20.8. The molecule has 0 aliphatic carbocycles. The average molecular weight is 402 g/mol. The van der Waals surface area contributed by atoms with Crippen LogP contribution in [0, 0.1) is 0 Å². The summed E-state index contributed by atoms with van der Waals surface area (Å²) in [5.41, 5.74) is 7.87. The Kier molecular flexibility index (Phi) is 4.20. The van der Waals surface area contributed by atoms with Crippen molar-refractivity contribution < 1.29 is 4.74 Å². The van der Waals surface area contributed by atoms with Crippen molar-refractivity contribution in [2.24, 2.45) is 9.98 Å². The molecule has 0 amide bonds. The maximum atomic E-state index is 6.32. The molecule has 6 rings (SSSR count). The van der Waals surface area contributed by atoms with Gasteiger partial charge in [-0.15, -0.1) is 0 Å². The lowest BCUT2D eigenvalue weighted by Gasteiger charge is -2.15. The van der Waals surface area contributed by atoms with E-state index in [0.29, 0.717) is 0 Å². The molecule has 0 spiro atoms. The number of fused-ring (bicyclic) bond motifs is 3. The Labute approximate surface area is 182 Å². The topological polar surface area (TPSA) is 34.0 Å². The molecule has 0 saturated carbocycles. The lowest BCUT2D eigenvalue weighted by molar-refractivity contribution is 0.251. The molecular formula is C28H22N2O. The molecule has 3 nitrogen and oxygen atoms in total. The molecule has 3 unspecified atom stereocenters. The normalized spacial score (nSPS) is 23.5. The van der Waals surface area contributed by atoms with E-state index in [2.05, 4.69) is 73.3 Å². The van der Waals surface area contributed by atoms with E-state index >= 15 is 0 Å². The maximum absolute atomic E-state index is 6.32. The summed E-state index contributed by atoms with van der Waals surface area (Å²) in [6.45, 7) is 4.42. The van der Waals surface area contributed by atoms with Crippen LogP contribution in [0.4, 0.5) is 5.69 Å². The molecule has 31 heavy (non-hydrogen) atoms. The molecular weight excluding hydrogens is 380 g/mol. The van der Waals surface area contributed by atoms with Crippen molar-refractivity contribution in [2.75, 3.05) is 0 Å². The summed E-state index contributed by atoms with van der Waals surface area (Å²) in [6.07, 6.45) is 2.93. The minimum atomic E-state index is -0.0909. The highest BCUT2D eigenvalue weighted by Gasteiger charge is 2.42. The number of ether oxygens (including phenoxy) is 1. The van der Waals surface area contributed by atoms with Gasteiger partial charge in [0.15, 0.2) is 0 Å². The lowest BCUT2D eigenvalue weighted by Crippen LogP contribution is -2.14. The number of benzene rings is 3. The largest absolute Gasteiger partial charge is 0.472 e. The summed E-state index contributed by atoms with van der Waals surface area (Å²) in [7, 11) is 0. The van der Waals surface area contributed by atoms with Crippen molar-refractivity contribution in [3.05, 3.63) is 125 Å². The summed E-state index contributed by atoms with van der Waals surface area (Å²) < 4.78 is 6.32. The SMILES string of the molecule is C=C1C(CC2=CC(c3ccccc3)N=C2c2ccccc2)OC2=Nc3ccccc3C12. The van der Waals surface area contributed by atoms with Crippen molar-refractivity contribution in [1.29, 1.82) is 0 Å². The van der Waals surface area contributed by atoms with E-state index in [-0.39, 0.29) is 18.1 Å². The second-order valence-corrected chi connectivity index (χ2v) is 8.22. The summed E-state index contributed by atoms with van der Waals surface area (Å²) in [4.78, 5) is 9.81. The van der Waals surface area contributed by atoms with Gasteiger partial charge in [0, 0.05) is 6.42 Å². The third-order valence-electron chi connectivity index (χ3n) is 6.30. The predicted octanol–water partition coefficient (Wildman–Crippen LogP) is 6.33. The fourth-order valence-corrected chi connectivity index (χ4v) is 4.75. The van der Waals surface area contributed by atoms with E-state index in [9.17, 15) is 0 Å². The molecule has 3 aromatic carbocycles. The fourth-order valence-electron chi connectivity index (χ4n) is 4.75. The Morgan fingerprint density at radius 3 is 2.35 bits per heavy atom. The highest BCUT2D eigenvalue weighted by Crippen LogP contribution is 2.47. The van der Waals surface area contributed by atoms with Gasteiger partial charge in [0.05, 0.1) is 23.4 Å². The fraction of sp³-hybridized carbons (Fsp3) is 0.143. The Morgan fingerprint density at radius 2 is 1.55 bits per heavy atom. The molecule has 0 bridgehead atoms. The molecule has 3 aliphatic heterocycles. The second kappa shape index (κ2) is 7.21. The molecule has 0 radical (unpaired) electrons. The molecule has 0 N–H and O–H groups in total. The zero-order valence-electron chi connectivity index (χ0n) is 17.1. The van der Waals surface area contributed by atoms with E-state index in [4.69, 9.17) is 14.7 Å². The minimum absolute atomic E-state index is 0.0265. The molecule has 3 heteroatoms. The minimum Gasteiger partial charge on any atom is -0.472 e. The first kappa shape index (κ1) is 18.1. The van der Waals surface area contributed by atoms with Crippen LogP contribution < -0.4 is 0 Å². The zero-order valence-corrected chi connectivity index (χ0v) is 17.1. The van der Waals surface area contributed by atoms with Crippen molar-refractivity contribution in [2.45, 2.75) is 24.5 Å². The maximum Gasteiger partial charge on any atom is 0.201 e. The third kappa shape index (κ3) is 3.05. The Balaban J connectivity index is 1.32. The van der Waals surface area contributed by atoms with Crippen LogP contribution in [0.3, 0.4) is 0 Å². The Morgan fingerprint density at radius 1 is 0.839 bits per heavy atom. The third-order valence-corrected chi connectivity index (χ3v) is 6.30. The molecule has 1 fully saturated rings. The molecule has 0 aromatic heterocycles. The van der Waals surface area contributed by atoms with Gasteiger partial charge in [-0.25, -0.2) is 4.99 Å². The van der Waals surface area contributed by atoms with Crippen LogP contribution in [0.1, 0.15) is 35.1 Å². The standard InChI is InChI=1S/C28H22N2O/c1-18-25(31-28-26(18)22-14-8-9-15-23(22)30-28)17-21-16-24(19-10-4-2-5-11-19)29-27(21)20-12-6-3-7-13-20/h2-16,24-26H,1,17H2. The van der Waals surface area contributed by atoms with Gasteiger partial charge in [0.2, 0.25) is 5.90 Å². The molecule has 3 aliphatic rings. The van der Waals surface area contributed by atoms with Crippen molar-refractivity contribution in [1.82, 2.24) is 0 Å². The molecule has 3 aromatic rings. The van der Waals surface area contributed by atoms with Crippen LogP contribution in [0.25, 0.3) is 0 Å². The Bertz CT molecular complexity index is 1250. The number of hydrogen-bond acceptors (Lipinski definition) is 3. The highest BCUT2D eigenvalue weighted by atomic mass is 16.5. The summed E-state index contributed by atoms with van der Waals surface area (Å²) >= 11 is 0. The molecule has 150 valence electrons. The van der Waals surface area contributed by atoms with Crippen LogP contribution in [-0.2, 0) is 4.74 Å². The molecule has 3 heterocycles. The van der Waals surface area contributed by atoms with Crippen molar-refractivity contribution >= 4 is 17.3 Å². The van der Waals surface area contributed by atoms with E-state index in [0.717, 1.165) is 34.9 Å². The molecule has 3 atom stereocenters. The van der Waals surface area contributed by atoms with Crippen LogP contribution in [-0.4, -0.2) is 17.7 Å². The number of rotatable bonds is 4. The smallest absolute Gasteiger partial charge is 0.201 e. The molecule has 1 saturated heterocycles. The van der Waals surface area contributed by atoms with Crippen LogP contribution >= 0.6 is 0 Å². The van der Waals surface area contributed by atoms with Gasteiger partial charge in [0.25, 0.3) is 0 Å². The summed E-state index contributed by atoms with van der Waals surface area (Å²) in [5, 5.41) is 0. The summed E-state index contributed by atoms with van der Waals surface area (Å²) in [5.74, 6) is 0.859. The van der Waals surface area contributed by atoms with E-state index in [1.165, 1.54) is 16.7 Å². The second-order valence-electron chi connectivity index (χ2n) is 8.22. The monoisotopic (exact) mass is 402 g/mol. The number of para-hydroxylation sites is 1. The van der Waals surface area contributed by atoms with Gasteiger partial charge >= 0.3 is 0 Å². The van der Waals surface area contributed by atoms with E-state index in [1.807, 2.05) is 24.3 Å². The first-order valence-electron chi connectivity index (χ1n) is 10.7. The van der Waals surface area contributed by atoms with E-state index < -0.39 is 0 Å². The lowest BCUT2D eigenvalue weighted by atomic mass is 9.88. The van der Waals surface area contributed by atoms with Gasteiger partial charge in [0.1, 0.15) is 6.10 Å². The van der Waals surface area contributed by atoms with Gasteiger partial charge in [-0.1, -0.05) is 91.5 Å². The summed E-state index contributed by atoms with van der Waals surface area (Å²) in [6, 6.07) is 29.1. The van der Waals surface area contributed by atoms with E-state index in [1.54, 1.807) is 0 Å². The van der Waals surface area contributed by atoms with Crippen molar-refractivity contribution in [3.8, 4) is 0 Å². The predicted molar refractivity (Wildman–Crippen MR) is 125 cm³/mol. The van der Waals surface area contributed by atoms with Gasteiger partial charge in [-0.05, 0) is 33.9 Å². The highest BCUT2D eigenvalue weighted by molar-refractivity contribution is 6.14. The van der Waals surface area contributed by atoms with Crippen molar-refractivity contribution in [3.63, 3.8) is 0 Å². The number of aliphatic imine (C=N–C) groups is 2. The van der Waals surface area contributed by atoms with Gasteiger partial charge in [-0.3, -0.25) is 4.99 Å². The van der Waals surface area contributed by atoms with Gasteiger partial charge < -0.3 is 4.74 Å². The number of nitrogens with zero attached hydrogens (tertiary/aromatic N) is 2. The number of hydrogen-bond donors (Lipinski definition) is 0.